The lowest BCUT2D eigenvalue weighted by Gasteiger charge is -2.17. The third-order valence-corrected chi connectivity index (χ3v) is 5.14. The SMILES string of the molecule is CCc1ccc(N2C[C@H](C(=O)OCC(=O)N[C@H](C)c3ccccc3)CC2=O)cc1. The van der Waals surface area contributed by atoms with Gasteiger partial charge in [0.05, 0.1) is 12.0 Å². The summed E-state index contributed by atoms with van der Waals surface area (Å²) in [7, 11) is 0. The van der Waals surface area contributed by atoms with Crippen LogP contribution in [-0.4, -0.2) is 30.9 Å². The van der Waals surface area contributed by atoms with E-state index in [2.05, 4.69) is 12.2 Å². The predicted molar refractivity (Wildman–Crippen MR) is 110 cm³/mol. The molecule has 3 rings (SSSR count). The number of aryl methyl sites for hydroxylation is 1. The number of nitrogens with zero attached hydrogens (tertiary/aromatic N) is 1. The smallest absolute Gasteiger partial charge is 0.311 e. The van der Waals surface area contributed by atoms with Gasteiger partial charge in [-0.25, -0.2) is 0 Å². The molecule has 6 heteroatoms. The van der Waals surface area contributed by atoms with Gasteiger partial charge in [0, 0.05) is 18.7 Å². The van der Waals surface area contributed by atoms with Crippen LogP contribution < -0.4 is 10.2 Å². The van der Waals surface area contributed by atoms with Gasteiger partial charge in [0.1, 0.15) is 0 Å². The summed E-state index contributed by atoms with van der Waals surface area (Å²) in [4.78, 5) is 38.4. The number of nitrogens with one attached hydrogen (secondary N) is 1. The Hall–Kier alpha value is -3.15. The number of carbonyl (C=O) groups excluding carboxylic acids is 3. The number of hydrogen-bond donors (Lipinski definition) is 1. The summed E-state index contributed by atoms with van der Waals surface area (Å²) < 4.78 is 5.16. The molecule has 1 aliphatic heterocycles. The van der Waals surface area contributed by atoms with Gasteiger partial charge in [-0.05, 0) is 36.6 Å². The zero-order chi connectivity index (χ0) is 20.8. The first kappa shape index (κ1) is 20.6. The second kappa shape index (κ2) is 9.37. The lowest BCUT2D eigenvalue weighted by molar-refractivity contribution is -0.152. The fourth-order valence-corrected chi connectivity index (χ4v) is 3.39. The van der Waals surface area contributed by atoms with E-state index >= 15 is 0 Å². The van der Waals surface area contributed by atoms with Gasteiger partial charge in [0.25, 0.3) is 5.91 Å². The zero-order valence-corrected chi connectivity index (χ0v) is 16.8. The summed E-state index contributed by atoms with van der Waals surface area (Å²) in [5.74, 6) is -1.56. The van der Waals surface area contributed by atoms with Crippen LogP contribution in [0.2, 0.25) is 0 Å². The van der Waals surface area contributed by atoms with Crippen LogP contribution in [0.3, 0.4) is 0 Å². The second-order valence-corrected chi connectivity index (χ2v) is 7.23. The van der Waals surface area contributed by atoms with Crippen molar-refractivity contribution in [2.45, 2.75) is 32.7 Å². The molecule has 29 heavy (non-hydrogen) atoms. The van der Waals surface area contributed by atoms with Gasteiger partial charge in [0.15, 0.2) is 6.61 Å². The number of rotatable bonds is 7. The Balaban J connectivity index is 1.49. The molecule has 0 radical (unpaired) electrons. The Labute approximate surface area is 170 Å². The third-order valence-electron chi connectivity index (χ3n) is 5.14. The summed E-state index contributed by atoms with van der Waals surface area (Å²) in [6.45, 7) is 3.85. The van der Waals surface area contributed by atoms with Crippen molar-refractivity contribution >= 4 is 23.5 Å². The number of anilines is 1. The molecule has 0 unspecified atom stereocenters. The molecule has 1 saturated heterocycles. The van der Waals surface area contributed by atoms with Crippen LogP contribution in [0.25, 0.3) is 0 Å². The fourth-order valence-electron chi connectivity index (χ4n) is 3.39. The maximum Gasteiger partial charge on any atom is 0.311 e. The summed E-state index contributed by atoms with van der Waals surface area (Å²) in [5, 5.41) is 2.80. The largest absolute Gasteiger partial charge is 0.455 e. The van der Waals surface area contributed by atoms with Gasteiger partial charge in [-0.3, -0.25) is 14.4 Å². The van der Waals surface area contributed by atoms with Gasteiger partial charge in [-0.15, -0.1) is 0 Å². The molecule has 6 nitrogen and oxygen atoms in total. The quantitative estimate of drug-likeness (QED) is 0.733. The number of carbonyl (C=O) groups is 3. The van der Waals surface area contributed by atoms with Gasteiger partial charge in [0.2, 0.25) is 5.91 Å². The van der Waals surface area contributed by atoms with Gasteiger partial charge < -0.3 is 15.0 Å². The molecule has 2 amide bonds. The minimum Gasteiger partial charge on any atom is -0.455 e. The Morgan fingerprint density at radius 1 is 1.14 bits per heavy atom. The maximum absolute atomic E-state index is 12.3. The second-order valence-electron chi connectivity index (χ2n) is 7.23. The molecule has 1 heterocycles. The first-order chi connectivity index (χ1) is 14.0. The van der Waals surface area contributed by atoms with Crippen molar-refractivity contribution in [1.82, 2.24) is 5.32 Å². The molecule has 2 atom stereocenters. The molecule has 1 N–H and O–H groups in total. The van der Waals surface area contributed by atoms with Crippen molar-refractivity contribution in [3.8, 4) is 0 Å². The number of benzene rings is 2. The molecule has 2 aromatic carbocycles. The van der Waals surface area contributed by atoms with Crippen LogP contribution in [0.4, 0.5) is 5.69 Å². The molecule has 0 aromatic heterocycles. The van der Waals surface area contributed by atoms with E-state index < -0.39 is 11.9 Å². The first-order valence-electron chi connectivity index (χ1n) is 9.88. The van der Waals surface area contributed by atoms with Crippen LogP contribution >= 0.6 is 0 Å². The summed E-state index contributed by atoms with van der Waals surface area (Å²) in [5.41, 5.74) is 2.93. The highest BCUT2D eigenvalue weighted by molar-refractivity contribution is 5.99. The number of amides is 2. The molecule has 2 aromatic rings. The normalized spacial score (nSPS) is 17.1. The van der Waals surface area contributed by atoms with E-state index in [0.717, 1.165) is 17.7 Å². The topological polar surface area (TPSA) is 75.7 Å². The highest BCUT2D eigenvalue weighted by Crippen LogP contribution is 2.26. The highest BCUT2D eigenvalue weighted by atomic mass is 16.5. The van der Waals surface area contributed by atoms with Crippen LogP contribution in [0.1, 0.15) is 37.4 Å². The first-order valence-corrected chi connectivity index (χ1v) is 9.88. The van der Waals surface area contributed by atoms with Crippen molar-refractivity contribution in [2.75, 3.05) is 18.1 Å². The molecule has 152 valence electrons. The number of ether oxygens (including phenoxy) is 1. The zero-order valence-electron chi connectivity index (χ0n) is 16.8. The lowest BCUT2D eigenvalue weighted by atomic mass is 10.1. The van der Waals surface area contributed by atoms with Gasteiger partial charge >= 0.3 is 5.97 Å². The van der Waals surface area contributed by atoms with Gasteiger partial charge in [-0.2, -0.15) is 0 Å². The van der Waals surface area contributed by atoms with Crippen molar-refractivity contribution in [3.63, 3.8) is 0 Å². The lowest BCUT2D eigenvalue weighted by Crippen LogP contribution is -2.32. The monoisotopic (exact) mass is 394 g/mol. The molecule has 0 spiro atoms. The highest BCUT2D eigenvalue weighted by Gasteiger charge is 2.36. The van der Waals surface area contributed by atoms with Crippen LogP contribution in [0.5, 0.6) is 0 Å². The van der Waals surface area contributed by atoms with E-state index in [1.807, 2.05) is 61.5 Å². The van der Waals surface area contributed by atoms with E-state index in [4.69, 9.17) is 4.74 Å². The third kappa shape index (κ3) is 5.22. The minimum absolute atomic E-state index is 0.0937. The standard InChI is InChI=1S/C23H26N2O4/c1-3-17-9-11-20(12-10-17)25-14-19(13-22(25)27)23(28)29-15-21(26)24-16(2)18-7-5-4-6-8-18/h4-12,16,19H,3,13-15H2,1-2H3,(H,24,26)/t16-,19-/m1/s1. The Morgan fingerprint density at radius 2 is 1.83 bits per heavy atom. The molecule has 1 aliphatic rings. The number of hydrogen-bond acceptors (Lipinski definition) is 4. The fraction of sp³-hybridized carbons (Fsp3) is 0.348. The number of esters is 1. The van der Waals surface area contributed by atoms with Crippen molar-refractivity contribution in [1.29, 1.82) is 0 Å². The molecule has 0 aliphatic carbocycles. The molecular weight excluding hydrogens is 368 g/mol. The molecular formula is C23H26N2O4. The van der Waals surface area contributed by atoms with Crippen LogP contribution in [0.15, 0.2) is 54.6 Å². The predicted octanol–water partition coefficient (Wildman–Crippen LogP) is 3.02. The maximum atomic E-state index is 12.3. The molecule has 0 bridgehead atoms. The Morgan fingerprint density at radius 3 is 2.48 bits per heavy atom. The summed E-state index contributed by atoms with van der Waals surface area (Å²) in [6, 6.07) is 17.1. The Bertz CT molecular complexity index is 864. The summed E-state index contributed by atoms with van der Waals surface area (Å²) in [6.07, 6.45) is 1.02. The van der Waals surface area contributed by atoms with E-state index in [-0.39, 0.29) is 37.4 Å². The average molecular weight is 394 g/mol. The van der Waals surface area contributed by atoms with E-state index in [9.17, 15) is 14.4 Å². The molecule has 0 saturated carbocycles. The van der Waals surface area contributed by atoms with E-state index in [1.165, 1.54) is 5.56 Å². The van der Waals surface area contributed by atoms with Crippen LogP contribution in [-0.2, 0) is 25.5 Å². The van der Waals surface area contributed by atoms with Crippen molar-refractivity contribution in [3.05, 3.63) is 65.7 Å². The van der Waals surface area contributed by atoms with Crippen LogP contribution in [0, 0.1) is 5.92 Å². The summed E-state index contributed by atoms with van der Waals surface area (Å²) >= 11 is 0. The van der Waals surface area contributed by atoms with Gasteiger partial charge in [-0.1, -0.05) is 49.4 Å². The average Bonchev–Trinajstić information content (AvgIpc) is 3.14. The Kier molecular flexibility index (Phi) is 6.65. The van der Waals surface area contributed by atoms with Crippen molar-refractivity contribution in [2.24, 2.45) is 5.92 Å². The molecule has 1 fully saturated rings. The van der Waals surface area contributed by atoms with Crippen molar-refractivity contribution < 1.29 is 19.1 Å². The van der Waals surface area contributed by atoms with E-state index in [1.54, 1.807) is 4.90 Å². The van der Waals surface area contributed by atoms with E-state index in [0.29, 0.717) is 0 Å². The minimum atomic E-state index is -0.562.